The van der Waals surface area contributed by atoms with Gasteiger partial charge in [-0.05, 0) is 6.92 Å². The fourth-order valence-corrected chi connectivity index (χ4v) is 0.959. The fourth-order valence-electron chi connectivity index (χ4n) is 0.959. The molecule has 0 unspecified atom stereocenters. The van der Waals surface area contributed by atoms with E-state index in [4.69, 9.17) is 5.26 Å². The van der Waals surface area contributed by atoms with Crippen LogP contribution in [0, 0.1) is 11.3 Å². The summed E-state index contributed by atoms with van der Waals surface area (Å²) in [6, 6.07) is 1.30. The molecule has 4 nitrogen and oxygen atoms in total. The molecule has 0 fully saturated rings. The third kappa shape index (κ3) is 0.855. The zero-order valence-corrected chi connectivity index (χ0v) is 6.33. The van der Waals surface area contributed by atoms with Crippen LogP contribution in [0.3, 0.4) is 0 Å². The molecule has 0 bridgehead atoms. The number of hydrogen-bond donors (Lipinski definition) is 1. The molecular weight excluding hydrogens is 144 g/mol. The van der Waals surface area contributed by atoms with Crippen molar-refractivity contribution in [2.45, 2.75) is 13.0 Å². The molecule has 0 aromatic carbocycles. The van der Waals surface area contributed by atoms with Gasteiger partial charge in [0.2, 0.25) is 0 Å². The molecule has 0 radical (unpaired) electrons. The molecule has 1 rings (SSSR count). The molecular formula is C7H8N2O2. The summed E-state index contributed by atoms with van der Waals surface area (Å²) in [7, 11) is 1.55. The maximum absolute atomic E-state index is 11.0. The Morgan fingerprint density at radius 3 is 2.45 bits per heavy atom. The van der Waals surface area contributed by atoms with Crippen LogP contribution in [0.25, 0.3) is 0 Å². The lowest BCUT2D eigenvalue weighted by Gasteiger charge is -2.14. The molecule has 0 aromatic rings. The number of aliphatic hydroxyl groups excluding tert-OH is 1. The molecule has 0 saturated carbocycles. The number of likely N-dealkylation sites (N-methyl/N-ethyl adjacent to an activating group) is 1. The minimum absolute atomic E-state index is 0.125. The molecule has 1 N–H and O–H groups in total. The minimum Gasteiger partial charge on any atom is -0.509 e. The predicted octanol–water partition coefficient (Wildman–Crippen LogP) is 0.183. The highest BCUT2D eigenvalue weighted by Crippen LogP contribution is 2.20. The Morgan fingerprint density at radius 1 is 1.73 bits per heavy atom. The Morgan fingerprint density at radius 2 is 2.27 bits per heavy atom. The van der Waals surface area contributed by atoms with E-state index in [2.05, 4.69) is 0 Å². The number of carbonyl (C=O) groups excluding carboxylic acids is 1. The van der Waals surface area contributed by atoms with Gasteiger partial charge in [-0.25, -0.2) is 0 Å². The predicted molar refractivity (Wildman–Crippen MR) is 37.5 cm³/mol. The lowest BCUT2D eigenvalue weighted by atomic mass is 10.2. The maximum Gasteiger partial charge on any atom is 0.268 e. The van der Waals surface area contributed by atoms with E-state index in [1.165, 1.54) is 4.90 Å². The van der Waals surface area contributed by atoms with Crippen molar-refractivity contribution in [3.63, 3.8) is 0 Å². The number of amides is 1. The maximum atomic E-state index is 11.0. The van der Waals surface area contributed by atoms with E-state index in [-0.39, 0.29) is 17.4 Å². The number of hydrogen-bond acceptors (Lipinski definition) is 3. The van der Waals surface area contributed by atoms with E-state index < -0.39 is 5.91 Å². The minimum atomic E-state index is -0.405. The van der Waals surface area contributed by atoms with Gasteiger partial charge in [-0.15, -0.1) is 0 Å². The Kier molecular flexibility index (Phi) is 1.57. The summed E-state index contributed by atoms with van der Waals surface area (Å²) in [4.78, 5) is 12.4. The molecule has 1 aliphatic rings. The second-order valence-corrected chi connectivity index (χ2v) is 2.46. The number of carbonyl (C=O) groups is 1. The van der Waals surface area contributed by atoms with Gasteiger partial charge in [-0.3, -0.25) is 4.79 Å². The van der Waals surface area contributed by atoms with Crippen LogP contribution in [0.2, 0.25) is 0 Å². The highest BCUT2D eigenvalue weighted by molar-refractivity contribution is 6.00. The van der Waals surface area contributed by atoms with Crippen LogP contribution >= 0.6 is 0 Å². The first-order valence-corrected chi connectivity index (χ1v) is 3.20. The first-order valence-electron chi connectivity index (χ1n) is 3.20. The Bertz CT molecular complexity index is 275. The van der Waals surface area contributed by atoms with Crippen LogP contribution in [0.4, 0.5) is 0 Å². The van der Waals surface area contributed by atoms with Gasteiger partial charge in [0.15, 0.2) is 5.57 Å². The van der Waals surface area contributed by atoms with Gasteiger partial charge in [0.05, 0.1) is 6.04 Å². The van der Waals surface area contributed by atoms with E-state index >= 15 is 0 Å². The summed E-state index contributed by atoms with van der Waals surface area (Å²) in [5, 5.41) is 17.6. The summed E-state index contributed by atoms with van der Waals surface area (Å²) >= 11 is 0. The van der Waals surface area contributed by atoms with Crippen LogP contribution in [0.5, 0.6) is 0 Å². The number of rotatable bonds is 0. The van der Waals surface area contributed by atoms with Crippen LogP contribution in [-0.2, 0) is 4.79 Å². The van der Waals surface area contributed by atoms with Gasteiger partial charge in [0.1, 0.15) is 11.8 Å². The molecule has 11 heavy (non-hydrogen) atoms. The monoisotopic (exact) mass is 152 g/mol. The van der Waals surface area contributed by atoms with Crippen molar-refractivity contribution < 1.29 is 9.90 Å². The first-order chi connectivity index (χ1) is 5.09. The van der Waals surface area contributed by atoms with Crippen molar-refractivity contribution in [2.24, 2.45) is 0 Å². The molecule has 1 atom stereocenters. The number of nitrogens with zero attached hydrogens (tertiary/aromatic N) is 2. The summed E-state index contributed by atoms with van der Waals surface area (Å²) in [5.41, 5.74) is -0.139. The molecule has 0 aromatic heterocycles. The zero-order chi connectivity index (χ0) is 8.59. The standard InChI is InChI=1S/C7H8N2O2/c1-4-6(10)5(3-8)7(11)9(4)2/h4,10H,1-2H3/t4-/m0/s1. The number of aliphatic hydroxyl groups is 1. The van der Waals surface area contributed by atoms with E-state index in [0.29, 0.717) is 0 Å². The number of nitriles is 1. The largest absolute Gasteiger partial charge is 0.509 e. The zero-order valence-electron chi connectivity index (χ0n) is 6.33. The Labute approximate surface area is 64.3 Å². The van der Waals surface area contributed by atoms with Gasteiger partial charge < -0.3 is 10.0 Å². The lowest BCUT2D eigenvalue weighted by Crippen LogP contribution is -2.29. The molecule has 0 aliphatic carbocycles. The fraction of sp³-hybridized carbons (Fsp3) is 0.429. The topological polar surface area (TPSA) is 64.3 Å². The van der Waals surface area contributed by atoms with Crippen molar-refractivity contribution in [3.05, 3.63) is 11.3 Å². The Balaban J connectivity index is 3.11. The summed E-state index contributed by atoms with van der Waals surface area (Å²) in [6.07, 6.45) is 0. The van der Waals surface area contributed by atoms with Crippen molar-refractivity contribution in [3.8, 4) is 6.07 Å². The molecule has 0 saturated heterocycles. The highest BCUT2D eigenvalue weighted by Gasteiger charge is 2.33. The Hall–Kier alpha value is -1.50. The molecule has 1 amide bonds. The average molecular weight is 152 g/mol. The van der Waals surface area contributed by atoms with Crippen LogP contribution in [0.1, 0.15) is 6.92 Å². The normalized spacial score (nSPS) is 24.3. The van der Waals surface area contributed by atoms with Gasteiger partial charge in [-0.1, -0.05) is 0 Å². The molecule has 0 spiro atoms. The van der Waals surface area contributed by atoms with E-state index in [1.54, 1.807) is 20.0 Å². The van der Waals surface area contributed by atoms with Gasteiger partial charge in [0, 0.05) is 7.05 Å². The van der Waals surface area contributed by atoms with Crippen molar-refractivity contribution in [1.82, 2.24) is 4.90 Å². The van der Waals surface area contributed by atoms with Gasteiger partial charge >= 0.3 is 0 Å². The van der Waals surface area contributed by atoms with Crippen LogP contribution in [-0.4, -0.2) is 29.0 Å². The quantitative estimate of drug-likeness (QED) is 0.538. The lowest BCUT2D eigenvalue weighted by molar-refractivity contribution is -0.125. The highest BCUT2D eigenvalue weighted by atomic mass is 16.3. The van der Waals surface area contributed by atoms with Crippen molar-refractivity contribution in [2.75, 3.05) is 7.05 Å². The van der Waals surface area contributed by atoms with E-state index in [0.717, 1.165) is 0 Å². The second kappa shape index (κ2) is 2.27. The smallest absolute Gasteiger partial charge is 0.268 e. The SMILES string of the molecule is C[C@H]1C(O)=C(C#N)C(=O)N1C. The van der Waals surface area contributed by atoms with Crippen LogP contribution < -0.4 is 0 Å². The van der Waals surface area contributed by atoms with Crippen molar-refractivity contribution >= 4 is 5.91 Å². The van der Waals surface area contributed by atoms with Gasteiger partial charge in [0.25, 0.3) is 5.91 Å². The molecule has 1 aliphatic heterocycles. The van der Waals surface area contributed by atoms with Crippen LogP contribution in [0.15, 0.2) is 11.3 Å². The second-order valence-electron chi connectivity index (χ2n) is 2.46. The van der Waals surface area contributed by atoms with E-state index in [9.17, 15) is 9.90 Å². The summed E-state index contributed by atoms with van der Waals surface area (Å²) < 4.78 is 0. The van der Waals surface area contributed by atoms with Crippen molar-refractivity contribution in [1.29, 1.82) is 5.26 Å². The molecule has 1 heterocycles. The third-order valence-electron chi connectivity index (χ3n) is 1.88. The molecule has 4 heteroatoms. The average Bonchev–Trinajstić information content (AvgIpc) is 2.17. The van der Waals surface area contributed by atoms with E-state index in [1.807, 2.05) is 0 Å². The van der Waals surface area contributed by atoms with Gasteiger partial charge in [-0.2, -0.15) is 5.26 Å². The molecule has 58 valence electrons. The summed E-state index contributed by atoms with van der Waals surface area (Å²) in [6.45, 7) is 1.66. The summed E-state index contributed by atoms with van der Waals surface area (Å²) in [5.74, 6) is -0.530. The third-order valence-corrected chi connectivity index (χ3v) is 1.88. The first kappa shape index (κ1) is 7.61.